The van der Waals surface area contributed by atoms with E-state index in [1.54, 1.807) is 0 Å². The Bertz CT molecular complexity index is 324. The smallest absolute Gasteiger partial charge is 0.0264 e. The van der Waals surface area contributed by atoms with Gasteiger partial charge in [0, 0.05) is 18.3 Å². The summed E-state index contributed by atoms with van der Waals surface area (Å²) < 4.78 is 0. The zero-order chi connectivity index (χ0) is 11.3. The van der Waals surface area contributed by atoms with Crippen LogP contribution in [0.25, 0.3) is 0 Å². The number of benzene rings is 1. The van der Waals surface area contributed by atoms with Gasteiger partial charge in [0.25, 0.3) is 0 Å². The van der Waals surface area contributed by atoms with Crippen LogP contribution in [0.15, 0.2) is 12.1 Å². The molecule has 15 heavy (non-hydrogen) atoms. The summed E-state index contributed by atoms with van der Waals surface area (Å²) in [6.07, 6.45) is 1.80. The first-order chi connectivity index (χ1) is 7.24. The molecule has 1 rings (SSSR count). The molecule has 0 radical (unpaired) electrons. The highest BCUT2D eigenvalue weighted by molar-refractivity contribution is 6.18. The zero-order valence-corrected chi connectivity index (χ0v) is 10.5. The number of hydrogen-bond acceptors (Lipinski definition) is 1. The fraction of sp³-hybridized carbons (Fsp3) is 0.500. The second kappa shape index (κ2) is 6.37. The lowest BCUT2D eigenvalue weighted by molar-refractivity contribution is 0.978. The number of alkyl halides is 2. The fourth-order valence-corrected chi connectivity index (χ4v) is 2.25. The van der Waals surface area contributed by atoms with E-state index in [9.17, 15) is 0 Å². The van der Waals surface area contributed by atoms with Crippen molar-refractivity contribution in [2.45, 2.75) is 26.3 Å². The van der Waals surface area contributed by atoms with E-state index in [0.717, 1.165) is 12.8 Å². The Morgan fingerprint density at radius 2 is 1.67 bits per heavy atom. The van der Waals surface area contributed by atoms with Crippen molar-refractivity contribution in [2.24, 2.45) is 5.73 Å². The maximum atomic E-state index is 5.81. The lowest BCUT2D eigenvalue weighted by Crippen LogP contribution is -2.06. The topological polar surface area (TPSA) is 26.0 Å². The van der Waals surface area contributed by atoms with E-state index in [0.29, 0.717) is 18.3 Å². The molecular formula is C12H17Cl2N. The highest BCUT2D eigenvalue weighted by Gasteiger charge is 2.08. The number of halogens is 2. The van der Waals surface area contributed by atoms with Crippen molar-refractivity contribution in [3.8, 4) is 0 Å². The minimum absolute atomic E-state index is 0.586. The Kier molecular flexibility index (Phi) is 5.44. The Balaban J connectivity index is 3.11. The molecule has 0 atom stereocenters. The number of rotatable bonds is 5. The minimum atomic E-state index is 0.586. The zero-order valence-electron chi connectivity index (χ0n) is 9.02. The van der Waals surface area contributed by atoms with Gasteiger partial charge in [-0.3, -0.25) is 0 Å². The molecule has 1 nitrogen and oxygen atoms in total. The van der Waals surface area contributed by atoms with Crippen molar-refractivity contribution in [3.63, 3.8) is 0 Å². The van der Waals surface area contributed by atoms with E-state index in [-0.39, 0.29) is 0 Å². The van der Waals surface area contributed by atoms with Crippen LogP contribution in [0.3, 0.4) is 0 Å². The van der Waals surface area contributed by atoms with Gasteiger partial charge in [0.1, 0.15) is 0 Å². The van der Waals surface area contributed by atoms with Crippen molar-refractivity contribution in [3.05, 3.63) is 34.4 Å². The van der Waals surface area contributed by atoms with E-state index in [1.165, 1.54) is 22.3 Å². The molecule has 84 valence electrons. The van der Waals surface area contributed by atoms with Crippen molar-refractivity contribution in [2.75, 3.05) is 11.8 Å². The standard InChI is InChI=1S/C12H17Cl2N/c1-9-11(8-15)3-2-10(4-6-13)12(9)5-7-14/h2-3H,4-8,15H2,1H3. The second-order valence-corrected chi connectivity index (χ2v) is 4.33. The van der Waals surface area contributed by atoms with Crippen molar-refractivity contribution >= 4 is 23.2 Å². The molecule has 0 fully saturated rings. The molecule has 0 aromatic heterocycles. The summed E-state index contributed by atoms with van der Waals surface area (Å²) >= 11 is 11.6. The summed E-state index contributed by atoms with van der Waals surface area (Å²) in [6.45, 7) is 2.70. The van der Waals surface area contributed by atoms with Crippen LogP contribution in [0.5, 0.6) is 0 Å². The van der Waals surface area contributed by atoms with Crippen LogP contribution in [0, 0.1) is 6.92 Å². The van der Waals surface area contributed by atoms with Crippen LogP contribution in [-0.4, -0.2) is 11.8 Å². The Morgan fingerprint density at radius 1 is 1.07 bits per heavy atom. The molecule has 2 N–H and O–H groups in total. The quantitative estimate of drug-likeness (QED) is 0.794. The highest BCUT2D eigenvalue weighted by atomic mass is 35.5. The summed E-state index contributed by atoms with van der Waals surface area (Å²) in [5, 5.41) is 0. The molecule has 1 aromatic carbocycles. The molecule has 0 saturated carbocycles. The van der Waals surface area contributed by atoms with Crippen LogP contribution < -0.4 is 5.73 Å². The largest absolute Gasteiger partial charge is 0.326 e. The maximum Gasteiger partial charge on any atom is 0.0264 e. The van der Waals surface area contributed by atoms with Gasteiger partial charge in [-0.2, -0.15) is 0 Å². The summed E-state index contributed by atoms with van der Waals surface area (Å²) in [6, 6.07) is 4.22. The predicted octanol–water partition coefficient (Wildman–Crippen LogP) is 3.02. The van der Waals surface area contributed by atoms with Gasteiger partial charge in [-0.25, -0.2) is 0 Å². The number of hydrogen-bond donors (Lipinski definition) is 1. The molecule has 0 bridgehead atoms. The van der Waals surface area contributed by atoms with Crippen molar-refractivity contribution < 1.29 is 0 Å². The average Bonchev–Trinajstić information content (AvgIpc) is 2.24. The molecule has 0 aliphatic heterocycles. The van der Waals surface area contributed by atoms with Crippen LogP contribution in [0.2, 0.25) is 0 Å². The molecule has 3 heteroatoms. The van der Waals surface area contributed by atoms with Gasteiger partial charge >= 0.3 is 0 Å². The third kappa shape index (κ3) is 3.10. The van der Waals surface area contributed by atoms with E-state index >= 15 is 0 Å². The van der Waals surface area contributed by atoms with Crippen molar-refractivity contribution in [1.82, 2.24) is 0 Å². The Morgan fingerprint density at radius 3 is 2.20 bits per heavy atom. The predicted molar refractivity (Wildman–Crippen MR) is 67.9 cm³/mol. The van der Waals surface area contributed by atoms with Crippen LogP contribution in [-0.2, 0) is 19.4 Å². The molecule has 0 aliphatic rings. The first-order valence-corrected chi connectivity index (χ1v) is 6.23. The normalized spacial score (nSPS) is 10.7. The molecule has 1 aromatic rings. The monoisotopic (exact) mass is 245 g/mol. The van der Waals surface area contributed by atoms with Gasteiger partial charge in [0.15, 0.2) is 0 Å². The minimum Gasteiger partial charge on any atom is -0.326 e. The van der Waals surface area contributed by atoms with Crippen LogP contribution >= 0.6 is 23.2 Å². The summed E-state index contributed by atoms with van der Waals surface area (Å²) in [4.78, 5) is 0. The Labute approximate surface area is 102 Å². The first-order valence-electron chi connectivity index (χ1n) is 5.16. The van der Waals surface area contributed by atoms with Gasteiger partial charge in [-0.1, -0.05) is 12.1 Å². The maximum absolute atomic E-state index is 5.81. The van der Waals surface area contributed by atoms with Gasteiger partial charge in [-0.05, 0) is 42.0 Å². The van der Waals surface area contributed by atoms with Crippen molar-refractivity contribution in [1.29, 1.82) is 0 Å². The van der Waals surface area contributed by atoms with E-state index in [4.69, 9.17) is 28.9 Å². The van der Waals surface area contributed by atoms with Crippen LogP contribution in [0.4, 0.5) is 0 Å². The second-order valence-electron chi connectivity index (χ2n) is 3.57. The van der Waals surface area contributed by atoms with E-state index in [1.807, 2.05) is 0 Å². The molecule has 0 heterocycles. The average molecular weight is 246 g/mol. The van der Waals surface area contributed by atoms with Gasteiger partial charge in [-0.15, -0.1) is 23.2 Å². The molecule has 0 saturated heterocycles. The summed E-state index contributed by atoms with van der Waals surface area (Å²) in [5.41, 5.74) is 10.8. The number of nitrogens with two attached hydrogens (primary N) is 1. The SMILES string of the molecule is Cc1c(CN)ccc(CCCl)c1CCCl. The number of aryl methyl sites for hydroxylation is 1. The lowest BCUT2D eigenvalue weighted by Gasteiger charge is -2.14. The summed E-state index contributed by atoms with van der Waals surface area (Å²) in [7, 11) is 0. The van der Waals surface area contributed by atoms with Gasteiger partial charge in [0.2, 0.25) is 0 Å². The van der Waals surface area contributed by atoms with E-state index < -0.39 is 0 Å². The third-order valence-electron chi connectivity index (χ3n) is 2.74. The molecule has 0 amide bonds. The highest BCUT2D eigenvalue weighted by Crippen LogP contribution is 2.20. The van der Waals surface area contributed by atoms with Gasteiger partial charge in [0.05, 0.1) is 0 Å². The fourth-order valence-electron chi connectivity index (χ4n) is 1.86. The van der Waals surface area contributed by atoms with Crippen LogP contribution in [0.1, 0.15) is 22.3 Å². The molecule has 0 spiro atoms. The molecule has 0 aliphatic carbocycles. The Hall–Kier alpha value is -0.240. The lowest BCUT2D eigenvalue weighted by atomic mass is 9.94. The molecular weight excluding hydrogens is 229 g/mol. The first kappa shape index (κ1) is 12.8. The molecule has 0 unspecified atom stereocenters. The third-order valence-corrected chi connectivity index (χ3v) is 3.11. The summed E-state index contributed by atoms with van der Waals surface area (Å²) in [5.74, 6) is 1.29. The van der Waals surface area contributed by atoms with Gasteiger partial charge < -0.3 is 5.73 Å². The van der Waals surface area contributed by atoms with E-state index in [2.05, 4.69) is 19.1 Å².